The van der Waals surface area contributed by atoms with Crippen molar-refractivity contribution in [1.82, 2.24) is 0 Å². The molecule has 0 saturated carbocycles. The summed E-state index contributed by atoms with van der Waals surface area (Å²) >= 11 is 0. The van der Waals surface area contributed by atoms with Crippen molar-refractivity contribution in [3.05, 3.63) is 53.1 Å². The molecule has 0 bridgehead atoms. The molecule has 4 N–H and O–H groups in total. The highest BCUT2D eigenvalue weighted by molar-refractivity contribution is 6.11. The van der Waals surface area contributed by atoms with Gasteiger partial charge in [0.1, 0.15) is 5.75 Å². The van der Waals surface area contributed by atoms with Crippen molar-refractivity contribution >= 4 is 17.2 Å². The predicted molar refractivity (Wildman–Crippen MR) is 81.0 cm³/mol. The fourth-order valence-corrected chi connectivity index (χ4v) is 2.07. The van der Waals surface area contributed by atoms with Crippen LogP contribution in [-0.4, -0.2) is 12.4 Å². The van der Waals surface area contributed by atoms with Gasteiger partial charge < -0.3 is 16.2 Å². The normalized spacial score (nSPS) is 10.3. The Kier molecular flexibility index (Phi) is 3.94. The van der Waals surface area contributed by atoms with Gasteiger partial charge in [-0.05, 0) is 44.2 Å². The number of nitrogens with two attached hydrogens (primary N) is 2. The summed E-state index contributed by atoms with van der Waals surface area (Å²) in [6.07, 6.45) is 0. The molecule has 0 aliphatic carbocycles. The van der Waals surface area contributed by atoms with E-state index in [9.17, 15) is 4.79 Å². The van der Waals surface area contributed by atoms with Crippen LogP contribution in [0.3, 0.4) is 0 Å². The van der Waals surface area contributed by atoms with Gasteiger partial charge >= 0.3 is 0 Å². The molecule has 0 fully saturated rings. The van der Waals surface area contributed by atoms with Crippen LogP contribution in [0.1, 0.15) is 28.4 Å². The van der Waals surface area contributed by atoms with Crippen LogP contribution in [0.25, 0.3) is 0 Å². The summed E-state index contributed by atoms with van der Waals surface area (Å²) < 4.78 is 5.51. The van der Waals surface area contributed by atoms with E-state index in [1.54, 1.807) is 18.2 Å². The van der Waals surface area contributed by atoms with E-state index in [2.05, 4.69) is 0 Å². The van der Waals surface area contributed by atoms with E-state index in [4.69, 9.17) is 16.2 Å². The van der Waals surface area contributed by atoms with Crippen molar-refractivity contribution in [2.24, 2.45) is 0 Å². The highest BCUT2D eigenvalue weighted by atomic mass is 16.5. The molecule has 0 aromatic heterocycles. The third kappa shape index (κ3) is 2.91. The molecule has 0 saturated heterocycles. The third-order valence-corrected chi connectivity index (χ3v) is 2.92. The first-order valence-corrected chi connectivity index (χ1v) is 6.45. The zero-order chi connectivity index (χ0) is 14.7. The lowest BCUT2D eigenvalue weighted by Crippen LogP contribution is -2.07. The van der Waals surface area contributed by atoms with E-state index in [0.717, 1.165) is 5.56 Å². The second-order valence-electron chi connectivity index (χ2n) is 4.65. The lowest BCUT2D eigenvalue weighted by Gasteiger charge is -2.11. The first-order chi connectivity index (χ1) is 9.51. The van der Waals surface area contributed by atoms with E-state index < -0.39 is 0 Å². The van der Waals surface area contributed by atoms with Crippen LogP contribution < -0.4 is 16.2 Å². The van der Waals surface area contributed by atoms with Gasteiger partial charge in [0.25, 0.3) is 0 Å². The lowest BCUT2D eigenvalue weighted by atomic mass is 9.99. The number of carbonyl (C=O) groups is 1. The molecule has 2 aromatic rings. The number of benzene rings is 2. The monoisotopic (exact) mass is 270 g/mol. The molecular weight excluding hydrogens is 252 g/mol. The molecule has 0 amide bonds. The van der Waals surface area contributed by atoms with Crippen LogP contribution in [0.15, 0.2) is 36.4 Å². The summed E-state index contributed by atoms with van der Waals surface area (Å²) in [6, 6.07) is 10.4. The number of aryl methyl sites for hydroxylation is 1. The Bertz CT molecular complexity index is 631. The van der Waals surface area contributed by atoms with Gasteiger partial charge in [-0.1, -0.05) is 11.6 Å². The minimum absolute atomic E-state index is 0.142. The molecule has 20 heavy (non-hydrogen) atoms. The zero-order valence-electron chi connectivity index (χ0n) is 11.6. The Morgan fingerprint density at radius 1 is 1.10 bits per heavy atom. The maximum absolute atomic E-state index is 12.6. The van der Waals surface area contributed by atoms with Crippen LogP contribution in [-0.2, 0) is 0 Å². The topological polar surface area (TPSA) is 78.3 Å². The van der Waals surface area contributed by atoms with Crippen LogP contribution >= 0.6 is 0 Å². The Hall–Kier alpha value is -2.49. The highest BCUT2D eigenvalue weighted by Crippen LogP contribution is 2.25. The SMILES string of the molecule is CCOc1ccc(C)cc1C(=O)c1cc(N)cc(N)c1. The van der Waals surface area contributed by atoms with Gasteiger partial charge in [0, 0.05) is 16.9 Å². The van der Waals surface area contributed by atoms with Gasteiger partial charge in [0.15, 0.2) is 5.78 Å². The first kappa shape index (κ1) is 13.9. The quantitative estimate of drug-likeness (QED) is 0.661. The standard InChI is InChI=1S/C16H18N2O2/c1-3-20-15-5-4-10(2)6-14(15)16(19)11-7-12(17)9-13(18)8-11/h4-9H,3,17-18H2,1-2H3. The van der Waals surface area contributed by atoms with Crippen LogP contribution in [0.5, 0.6) is 5.75 Å². The summed E-state index contributed by atoms with van der Waals surface area (Å²) in [7, 11) is 0. The number of rotatable bonds is 4. The Labute approximate surface area is 118 Å². The largest absolute Gasteiger partial charge is 0.493 e. The number of carbonyl (C=O) groups excluding carboxylic acids is 1. The summed E-state index contributed by atoms with van der Waals surface area (Å²) in [5, 5.41) is 0. The van der Waals surface area contributed by atoms with E-state index in [1.165, 1.54) is 0 Å². The van der Waals surface area contributed by atoms with Crippen LogP contribution in [0.2, 0.25) is 0 Å². The predicted octanol–water partition coefficient (Wildman–Crippen LogP) is 2.79. The average molecular weight is 270 g/mol. The first-order valence-electron chi connectivity index (χ1n) is 6.45. The molecule has 4 nitrogen and oxygen atoms in total. The van der Waals surface area contributed by atoms with Gasteiger partial charge in [0.2, 0.25) is 0 Å². The van der Waals surface area contributed by atoms with Gasteiger partial charge in [-0.25, -0.2) is 0 Å². The van der Waals surface area contributed by atoms with Crippen molar-refractivity contribution in [2.75, 3.05) is 18.1 Å². The molecule has 0 heterocycles. The van der Waals surface area contributed by atoms with E-state index >= 15 is 0 Å². The van der Waals surface area contributed by atoms with Crippen molar-refractivity contribution < 1.29 is 9.53 Å². The molecule has 4 heteroatoms. The number of ketones is 1. The molecule has 0 atom stereocenters. The van der Waals surface area contributed by atoms with E-state index in [0.29, 0.717) is 34.9 Å². The number of anilines is 2. The second-order valence-corrected chi connectivity index (χ2v) is 4.65. The number of hydrogen-bond donors (Lipinski definition) is 2. The second kappa shape index (κ2) is 5.65. The maximum atomic E-state index is 12.6. The maximum Gasteiger partial charge on any atom is 0.196 e. The minimum Gasteiger partial charge on any atom is -0.493 e. The number of nitrogen functional groups attached to an aromatic ring is 2. The molecule has 0 aliphatic heterocycles. The van der Waals surface area contributed by atoms with Crippen molar-refractivity contribution in [3.8, 4) is 5.75 Å². The van der Waals surface area contributed by atoms with Gasteiger partial charge in [-0.15, -0.1) is 0 Å². The Balaban J connectivity index is 2.49. The summed E-state index contributed by atoms with van der Waals surface area (Å²) in [5.74, 6) is 0.431. The van der Waals surface area contributed by atoms with Crippen molar-refractivity contribution in [2.45, 2.75) is 13.8 Å². The Morgan fingerprint density at radius 3 is 2.35 bits per heavy atom. The van der Waals surface area contributed by atoms with Gasteiger partial charge in [-0.3, -0.25) is 4.79 Å². The fourth-order valence-electron chi connectivity index (χ4n) is 2.07. The molecule has 2 aromatic carbocycles. The number of ether oxygens (including phenoxy) is 1. The molecule has 0 aliphatic rings. The minimum atomic E-state index is -0.142. The molecule has 104 valence electrons. The van der Waals surface area contributed by atoms with E-state index in [-0.39, 0.29) is 5.78 Å². The fraction of sp³-hybridized carbons (Fsp3) is 0.188. The highest BCUT2D eigenvalue weighted by Gasteiger charge is 2.15. The van der Waals surface area contributed by atoms with Crippen molar-refractivity contribution in [3.63, 3.8) is 0 Å². The molecule has 0 unspecified atom stereocenters. The summed E-state index contributed by atoms with van der Waals surface area (Å²) in [5.41, 5.74) is 14.4. The van der Waals surface area contributed by atoms with Gasteiger partial charge in [0.05, 0.1) is 12.2 Å². The zero-order valence-corrected chi connectivity index (χ0v) is 11.6. The molecular formula is C16H18N2O2. The third-order valence-electron chi connectivity index (χ3n) is 2.92. The molecule has 0 spiro atoms. The number of hydrogen-bond acceptors (Lipinski definition) is 4. The lowest BCUT2D eigenvalue weighted by molar-refractivity contribution is 0.103. The summed E-state index contributed by atoms with van der Waals surface area (Å²) in [6.45, 7) is 4.31. The Morgan fingerprint density at radius 2 is 1.75 bits per heavy atom. The molecule has 0 radical (unpaired) electrons. The van der Waals surface area contributed by atoms with Crippen LogP contribution in [0, 0.1) is 6.92 Å². The van der Waals surface area contributed by atoms with Gasteiger partial charge in [-0.2, -0.15) is 0 Å². The van der Waals surface area contributed by atoms with E-state index in [1.807, 2.05) is 32.0 Å². The summed E-state index contributed by atoms with van der Waals surface area (Å²) in [4.78, 5) is 12.6. The van der Waals surface area contributed by atoms with Crippen molar-refractivity contribution in [1.29, 1.82) is 0 Å². The smallest absolute Gasteiger partial charge is 0.196 e. The average Bonchev–Trinajstić information content (AvgIpc) is 2.39. The molecule has 2 rings (SSSR count). The van der Waals surface area contributed by atoms with Crippen LogP contribution in [0.4, 0.5) is 11.4 Å².